The molecule has 0 unspecified atom stereocenters. The van der Waals surface area contributed by atoms with E-state index in [1.807, 2.05) is 6.92 Å². The second-order valence-electron chi connectivity index (χ2n) is 6.68. The highest BCUT2D eigenvalue weighted by molar-refractivity contribution is 6.30. The zero-order valence-electron chi connectivity index (χ0n) is 16.5. The van der Waals surface area contributed by atoms with Crippen molar-refractivity contribution in [2.24, 2.45) is 10.9 Å². The van der Waals surface area contributed by atoms with Crippen LogP contribution in [0, 0.1) is 5.92 Å². The standard InChI is InChI=1S/C20H29ClN4O3/c1-3-22-20(25-13-10-15(11-14-25)19(27)28-2)23-12-4-5-18(26)24-17-8-6-16(21)7-9-17/h6-9,15H,3-5,10-14H2,1-2H3,(H,22,23)(H,24,26). The van der Waals surface area contributed by atoms with Crippen LogP contribution in [-0.4, -0.2) is 56.0 Å². The number of guanidine groups is 1. The van der Waals surface area contributed by atoms with Gasteiger partial charge in [0.2, 0.25) is 5.91 Å². The highest BCUT2D eigenvalue weighted by atomic mass is 35.5. The number of nitrogens with zero attached hydrogens (tertiary/aromatic N) is 2. The predicted octanol–water partition coefficient (Wildman–Crippen LogP) is 2.91. The lowest BCUT2D eigenvalue weighted by molar-refractivity contribution is -0.146. The number of anilines is 1. The Bertz CT molecular complexity index is 671. The van der Waals surface area contributed by atoms with Crippen molar-refractivity contribution >= 4 is 35.1 Å². The predicted molar refractivity (Wildman–Crippen MR) is 112 cm³/mol. The van der Waals surface area contributed by atoms with E-state index in [1.165, 1.54) is 7.11 Å². The first-order valence-corrected chi connectivity index (χ1v) is 10.1. The molecule has 1 aliphatic heterocycles. The van der Waals surface area contributed by atoms with Crippen molar-refractivity contribution in [3.63, 3.8) is 0 Å². The molecule has 2 rings (SSSR count). The lowest BCUT2D eigenvalue weighted by atomic mass is 9.97. The molecule has 7 nitrogen and oxygen atoms in total. The van der Waals surface area contributed by atoms with E-state index in [4.69, 9.17) is 16.3 Å². The summed E-state index contributed by atoms with van der Waals surface area (Å²) in [7, 11) is 1.43. The summed E-state index contributed by atoms with van der Waals surface area (Å²) in [6, 6.07) is 7.04. The molecule has 1 fully saturated rings. The molecule has 154 valence electrons. The number of hydrogen-bond donors (Lipinski definition) is 2. The summed E-state index contributed by atoms with van der Waals surface area (Å²) in [6.45, 7) is 4.89. The molecule has 1 heterocycles. The van der Waals surface area contributed by atoms with Crippen LogP contribution in [0.15, 0.2) is 29.3 Å². The van der Waals surface area contributed by atoms with Crippen molar-refractivity contribution in [1.82, 2.24) is 10.2 Å². The molecule has 8 heteroatoms. The molecule has 1 aromatic rings. The number of nitrogens with one attached hydrogen (secondary N) is 2. The Kier molecular flexibility index (Phi) is 9.07. The Balaban J connectivity index is 1.77. The number of esters is 1. The number of carbonyl (C=O) groups is 2. The van der Waals surface area contributed by atoms with Crippen LogP contribution in [0.1, 0.15) is 32.6 Å². The molecule has 1 amide bonds. The zero-order chi connectivity index (χ0) is 20.4. The van der Waals surface area contributed by atoms with Gasteiger partial charge in [-0.05, 0) is 50.5 Å². The topological polar surface area (TPSA) is 83.0 Å². The number of benzene rings is 1. The largest absolute Gasteiger partial charge is 0.469 e. The molecule has 0 bridgehead atoms. The molecule has 0 aromatic heterocycles. The van der Waals surface area contributed by atoms with Gasteiger partial charge in [-0.3, -0.25) is 14.6 Å². The van der Waals surface area contributed by atoms with Crippen LogP contribution < -0.4 is 10.6 Å². The second kappa shape index (κ2) is 11.5. The molecule has 0 aliphatic carbocycles. The molecule has 1 aromatic carbocycles. The third-order valence-electron chi connectivity index (χ3n) is 4.62. The Labute approximate surface area is 171 Å². The number of halogens is 1. The van der Waals surface area contributed by atoms with Crippen LogP contribution in [0.4, 0.5) is 5.69 Å². The van der Waals surface area contributed by atoms with Gasteiger partial charge in [0, 0.05) is 43.3 Å². The first-order chi connectivity index (χ1) is 13.5. The molecular formula is C20H29ClN4O3. The highest BCUT2D eigenvalue weighted by Crippen LogP contribution is 2.18. The van der Waals surface area contributed by atoms with Gasteiger partial charge in [-0.2, -0.15) is 0 Å². The average Bonchev–Trinajstić information content (AvgIpc) is 2.71. The summed E-state index contributed by atoms with van der Waals surface area (Å²) in [5, 5.41) is 6.78. The van der Waals surface area contributed by atoms with Gasteiger partial charge in [0.25, 0.3) is 0 Å². The van der Waals surface area contributed by atoms with Gasteiger partial charge >= 0.3 is 5.97 Å². The molecule has 0 radical (unpaired) electrons. The maximum absolute atomic E-state index is 12.0. The maximum atomic E-state index is 12.0. The fourth-order valence-corrected chi connectivity index (χ4v) is 3.23. The number of methoxy groups -OCH3 is 1. The van der Waals surface area contributed by atoms with Crippen LogP contribution >= 0.6 is 11.6 Å². The third kappa shape index (κ3) is 7.03. The van der Waals surface area contributed by atoms with Gasteiger partial charge < -0.3 is 20.3 Å². The van der Waals surface area contributed by atoms with E-state index in [0.29, 0.717) is 24.4 Å². The van der Waals surface area contributed by atoms with Crippen LogP contribution in [0.2, 0.25) is 5.02 Å². The normalized spacial score (nSPS) is 15.2. The van der Waals surface area contributed by atoms with Gasteiger partial charge in [-0.15, -0.1) is 0 Å². The van der Waals surface area contributed by atoms with E-state index < -0.39 is 0 Å². The minimum atomic E-state index is -0.131. The highest BCUT2D eigenvalue weighted by Gasteiger charge is 2.26. The maximum Gasteiger partial charge on any atom is 0.308 e. The second-order valence-corrected chi connectivity index (χ2v) is 7.12. The summed E-state index contributed by atoms with van der Waals surface area (Å²) in [4.78, 5) is 30.5. The van der Waals surface area contributed by atoms with Gasteiger partial charge in [0.15, 0.2) is 5.96 Å². The number of aliphatic imine (C=N–C) groups is 1. The summed E-state index contributed by atoms with van der Waals surface area (Å²) in [6.07, 6.45) is 2.59. The number of rotatable bonds is 7. The lowest BCUT2D eigenvalue weighted by Gasteiger charge is -2.33. The monoisotopic (exact) mass is 408 g/mol. The molecule has 0 spiro atoms. The first kappa shape index (κ1) is 22.0. The Hall–Kier alpha value is -2.28. The zero-order valence-corrected chi connectivity index (χ0v) is 17.3. The minimum absolute atomic E-state index is 0.0271. The van der Waals surface area contributed by atoms with E-state index in [2.05, 4.69) is 20.5 Å². The van der Waals surface area contributed by atoms with Gasteiger partial charge in [-0.25, -0.2) is 0 Å². The quantitative estimate of drug-likeness (QED) is 0.313. The number of carbonyl (C=O) groups excluding carboxylic acids is 2. The van der Waals surface area contributed by atoms with E-state index in [9.17, 15) is 9.59 Å². The van der Waals surface area contributed by atoms with Crippen molar-refractivity contribution in [2.45, 2.75) is 32.6 Å². The number of piperidine rings is 1. The number of amides is 1. The van der Waals surface area contributed by atoms with Gasteiger partial charge in [0.05, 0.1) is 13.0 Å². The number of hydrogen-bond acceptors (Lipinski definition) is 4. The average molecular weight is 409 g/mol. The smallest absolute Gasteiger partial charge is 0.308 e. The molecule has 0 saturated carbocycles. The van der Waals surface area contributed by atoms with E-state index in [0.717, 1.165) is 44.1 Å². The van der Waals surface area contributed by atoms with Crippen LogP contribution in [0.3, 0.4) is 0 Å². The lowest BCUT2D eigenvalue weighted by Crippen LogP contribution is -2.46. The Morgan fingerprint density at radius 3 is 2.54 bits per heavy atom. The summed E-state index contributed by atoms with van der Waals surface area (Å²) >= 11 is 5.84. The van der Waals surface area contributed by atoms with Crippen molar-refractivity contribution in [3.8, 4) is 0 Å². The molecular weight excluding hydrogens is 380 g/mol. The van der Waals surface area contributed by atoms with Crippen molar-refractivity contribution in [2.75, 3.05) is 38.6 Å². The fraction of sp³-hybridized carbons (Fsp3) is 0.550. The Morgan fingerprint density at radius 1 is 1.25 bits per heavy atom. The van der Waals surface area contributed by atoms with Crippen LogP contribution in [0.5, 0.6) is 0 Å². The van der Waals surface area contributed by atoms with Gasteiger partial charge in [-0.1, -0.05) is 11.6 Å². The van der Waals surface area contributed by atoms with Crippen molar-refractivity contribution in [1.29, 1.82) is 0 Å². The van der Waals surface area contributed by atoms with Crippen LogP contribution in [0.25, 0.3) is 0 Å². The Morgan fingerprint density at radius 2 is 1.93 bits per heavy atom. The summed E-state index contributed by atoms with van der Waals surface area (Å²) < 4.78 is 4.84. The van der Waals surface area contributed by atoms with E-state index in [1.54, 1.807) is 24.3 Å². The van der Waals surface area contributed by atoms with Gasteiger partial charge in [0.1, 0.15) is 0 Å². The first-order valence-electron chi connectivity index (χ1n) is 9.70. The number of likely N-dealkylation sites (tertiary alicyclic amines) is 1. The summed E-state index contributed by atoms with van der Waals surface area (Å²) in [5.41, 5.74) is 0.736. The molecule has 0 atom stereocenters. The molecule has 1 saturated heterocycles. The summed E-state index contributed by atoms with van der Waals surface area (Å²) in [5.74, 6) is 0.638. The molecule has 28 heavy (non-hydrogen) atoms. The molecule has 1 aliphatic rings. The SMILES string of the molecule is CCNC(=NCCCC(=O)Nc1ccc(Cl)cc1)N1CCC(C(=O)OC)CC1. The van der Waals surface area contributed by atoms with Crippen molar-refractivity contribution < 1.29 is 14.3 Å². The van der Waals surface area contributed by atoms with E-state index in [-0.39, 0.29) is 17.8 Å². The van der Waals surface area contributed by atoms with Crippen molar-refractivity contribution in [3.05, 3.63) is 29.3 Å². The number of ether oxygens (including phenoxy) is 1. The van der Waals surface area contributed by atoms with Crippen LogP contribution in [-0.2, 0) is 14.3 Å². The minimum Gasteiger partial charge on any atom is -0.469 e. The van der Waals surface area contributed by atoms with E-state index >= 15 is 0 Å². The molecule has 2 N–H and O–H groups in total. The fourth-order valence-electron chi connectivity index (χ4n) is 3.10. The third-order valence-corrected chi connectivity index (χ3v) is 4.87.